The highest BCUT2D eigenvalue weighted by Crippen LogP contribution is 2.43. The topological polar surface area (TPSA) is 43.9 Å². The van der Waals surface area contributed by atoms with E-state index in [1.807, 2.05) is 24.3 Å². The number of rotatable bonds is 5. The van der Waals surface area contributed by atoms with E-state index in [1.165, 1.54) is 33.0 Å². The average Bonchev–Trinajstić information content (AvgIpc) is 3.98. The van der Waals surface area contributed by atoms with Gasteiger partial charge in [-0.2, -0.15) is 0 Å². The molecule has 0 saturated heterocycles. The van der Waals surface area contributed by atoms with Crippen LogP contribution in [-0.4, -0.2) is 14.5 Å². The van der Waals surface area contributed by atoms with Gasteiger partial charge in [-0.1, -0.05) is 133 Å². The monoisotopic (exact) mass is 677 g/mol. The smallest absolute Gasteiger partial charge is 0.160 e. The number of hydrogen-bond donors (Lipinski definition) is 0. The van der Waals surface area contributed by atoms with Crippen molar-refractivity contribution in [1.82, 2.24) is 14.5 Å². The Hall–Kier alpha value is -7.04. The van der Waals surface area contributed by atoms with Crippen LogP contribution in [0.3, 0.4) is 0 Å². The van der Waals surface area contributed by atoms with E-state index in [9.17, 15) is 0 Å². The van der Waals surface area contributed by atoms with Gasteiger partial charge in [0.15, 0.2) is 11.4 Å². The maximum atomic E-state index is 6.91. The van der Waals surface area contributed by atoms with Gasteiger partial charge < -0.3 is 8.98 Å². The first-order valence-corrected chi connectivity index (χ1v) is 18.1. The van der Waals surface area contributed by atoms with Crippen molar-refractivity contribution in [1.29, 1.82) is 0 Å². The molecule has 248 valence electrons. The van der Waals surface area contributed by atoms with Crippen molar-refractivity contribution in [2.24, 2.45) is 0 Å². The number of para-hydroxylation sites is 2. The molecule has 0 radical (unpaired) electrons. The van der Waals surface area contributed by atoms with Crippen molar-refractivity contribution in [3.8, 4) is 39.5 Å². The summed E-state index contributed by atoms with van der Waals surface area (Å²) in [5, 5.41) is 5.53. The molecular formula is C49H31N3O. The third kappa shape index (κ3) is 4.69. The summed E-state index contributed by atoms with van der Waals surface area (Å²) in [4.78, 5) is 10.2. The van der Waals surface area contributed by atoms with Gasteiger partial charge in [-0.15, -0.1) is 0 Å². The standard InChI is InChI=1S/C49H31N3O/c1-3-13-31(14-4-1)34-25-27-42-39(29-34)40-30-35(32-15-7-8-16-32)26-28-43(40)52(42)44-23-11-21-38-46-37(20-12-24-45(46)53-48(38)44)47-36-19-9-10-22-41(36)50-49(51-47)33-17-5-2-6-18-33/h1-15,17-30H,16H2. The van der Waals surface area contributed by atoms with E-state index in [-0.39, 0.29) is 0 Å². The summed E-state index contributed by atoms with van der Waals surface area (Å²) in [5.74, 6) is 0.702. The van der Waals surface area contributed by atoms with Crippen LogP contribution in [0.2, 0.25) is 0 Å². The van der Waals surface area contributed by atoms with E-state index < -0.39 is 0 Å². The van der Waals surface area contributed by atoms with Gasteiger partial charge in [0.2, 0.25) is 0 Å². The number of aromatic nitrogens is 3. The average molecular weight is 678 g/mol. The van der Waals surface area contributed by atoms with Gasteiger partial charge in [0.25, 0.3) is 0 Å². The molecule has 7 aromatic carbocycles. The van der Waals surface area contributed by atoms with Crippen LogP contribution in [0.15, 0.2) is 180 Å². The van der Waals surface area contributed by atoms with Crippen LogP contribution in [0.4, 0.5) is 0 Å². The van der Waals surface area contributed by atoms with Gasteiger partial charge in [0, 0.05) is 38.1 Å². The molecule has 0 spiro atoms. The molecule has 0 aliphatic heterocycles. The Morgan fingerprint density at radius 1 is 0.528 bits per heavy atom. The van der Waals surface area contributed by atoms with Crippen LogP contribution in [0.1, 0.15) is 12.0 Å². The lowest BCUT2D eigenvalue weighted by Crippen LogP contribution is -1.95. The Morgan fingerprint density at radius 2 is 1.23 bits per heavy atom. The molecule has 3 heterocycles. The molecule has 53 heavy (non-hydrogen) atoms. The highest BCUT2D eigenvalue weighted by atomic mass is 16.3. The van der Waals surface area contributed by atoms with Gasteiger partial charge in [-0.3, -0.25) is 0 Å². The van der Waals surface area contributed by atoms with E-state index in [0.717, 1.165) is 72.8 Å². The Kier molecular flexibility index (Phi) is 6.58. The zero-order valence-corrected chi connectivity index (χ0v) is 28.7. The van der Waals surface area contributed by atoms with Gasteiger partial charge in [-0.05, 0) is 71.1 Å². The van der Waals surface area contributed by atoms with Crippen molar-refractivity contribution >= 4 is 60.2 Å². The maximum absolute atomic E-state index is 6.91. The number of nitrogens with zero attached hydrogens (tertiary/aromatic N) is 3. The molecule has 0 saturated carbocycles. The predicted octanol–water partition coefficient (Wildman–Crippen LogP) is 13.0. The van der Waals surface area contributed by atoms with Crippen molar-refractivity contribution < 1.29 is 4.42 Å². The van der Waals surface area contributed by atoms with E-state index >= 15 is 0 Å². The highest BCUT2D eigenvalue weighted by Gasteiger charge is 2.22. The third-order valence-electron chi connectivity index (χ3n) is 10.6. The molecule has 4 heteroatoms. The summed E-state index contributed by atoms with van der Waals surface area (Å²) in [5.41, 5.74) is 13.7. The summed E-state index contributed by atoms with van der Waals surface area (Å²) in [6.07, 6.45) is 7.56. The third-order valence-corrected chi connectivity index (χ3v) is 10.6. The number of benzene rings is 7. The molecule has 0 N–H and O–H groups in total. The fourth-order valence-electron chi connectivity index (χ4n) is 8.16. The molecule has 0 amide bonds. The Morgan fingerprint density at radius 3 is 2.02 bits per heavy atom. The molecule has 4 nitrogen and oxygen atoms in total. The molecule has 3 aromatic heterocycles. The molecule has 0 bridgehead atoms. The summed E-state index contributed by atoms with van der Waals surface area (Å²) < 4.78 is 9.29. The Bertz CT molecular complexity index is 3130. The van der Waals surface area contributed by atoms with Crippen LogP contribution in [0.25, 0.3) is 99.7 Å². The van der Waals surface area contributed by atoms with Gasteiger partial charge in [-0.25, -0.2) is 9.97 Å². The molecule has 0 atom stereocenters. The van der Waals surface area contributed by atoms with Crippen LogP contribution in [-0.2, 0) is 0 Å². The lowest BCUT2D eigenvalue weighted by atomic mass is 10.00. The Labute approximate surface area is 305 Å². The highest BCUT2D eigenvalue weighted by molar-refractivity contribution is 6.17. The van der Waals surface area contributed by atoms with Gasteiger partial charge in [0.05, 0.1) is 27.9 Å². The van der Waals surface area contributed by atoms with E-state index in [2.05, 4.69) is 156 Å². The second kappa shape index (κ2) is 11.8. The van der Waals surface area contributed by atoms with E-state index in [1.54, 1.807) is 0 Å². The minimum Gasteiger partial charge on any atom is -0.454 e. The minimum absolute atomic E-state index is 0.702. The summed E-state index contributed by atoms with van der Waals surface area (Å²) in [6.45, 7) is 0. The fourth-order valence-corrected chi connectivity index (χ4v) is 8.16. The van der Waals surface area contributed by atoms with Gasteiger partial charge in [0.1, 0.15) is 5.58 Å². The van der Waals surface area contributed by atoms with Gasteiger partial charge >= 0.3 is 0 Å². The molecule has 10 aromatic rings. The molecule has 1 aliphatic carbocycles. The normalized spacial score (nSPS) is 12.9. The van der Waals surface area contributed by atoms with Crippen LogP contribution < -0.4 is 0 Å². The van der Waals surface area contributed by atoms with Crippen molar-refractivity contribution in [3.05, 3.63) is 182 Å². The quantitative estimate of drug-likeness (QED) is 0.182. The van der Waals surface area contributed by atoms with E-state index in [4.69, 9.17) is 14.4 Å². The molecule has 11 rings (SSSR count). The zero-order valence-electron chi connectivity index (χ0n) is 28.7. The van der Waals surface area contributed by atoms with Crippen molar-refractivity contribution in [3.63, 3.8) is 0 Å². The second-order valence-corrected chi connectivity index (χ2v) is 13.7. The first-order valence-electron chi connectivity index (χ1n) is 18.1. The van der Waals surface area contributed by atoms with Crippen molar-refractivity contribution in [2.75, 3.05) is 0 Å². The number of fused-ring (bicyclic) bond motifs is 7. The zero-order chi connectivity index (χ0) is 34.9. The minimum atomic E-state index is 0.702. The largest absolute Gasteiger partial charge is 0.454 e. The van der Waals surface area contributed by atoms with Crippen LogP contribution >= 0.6 is 0 Å². The van der Waals surface area contributed by atoms with Crippen LogP contribution in [0.5, 0.6) is 0 Å². The first-order chi connectivity index (χ1) is 26.3. The Balaban J connectivity index is 1.17. The lowest BCUT2D eigenvalue weighted by Gasteiger charge is -2.11. The first kappa shape index (κ1) is 29.7. The number of allylic oxidation sites excluding steroid dienone is 4. The lowest BCUT2D eigenvalue weighted by molar-refractivity contribution is 0.666. The summed E-state index contributed by atoms with van der Waals surface area (Å²) in [7, 11) is 0. The molecular weight excluding hydrogens is 647 g/mol. The maximum Gasteiger partial charge on any atom is 0.160 e. The SMILES string of the molecule is C1=CCC(c2ccc3c(c2)c2cc(-c4ccccc4)ccc2n3-c2cccc3c2oc2cccc(-c4nc(-c5ccccc5)nc5ccccc45)c23)=C1. The number of hydrogen-bond acceptors (Lipinski definition) is 3. The molecule has 0 unspecified atom stereocenters. The second-order valence-electron chi connectivity index (χ2n) is 13.7. The summed E-state index contributed by atoms with van der Waals surface area (Å²) in [6, 6.07) is 55.6. The van der Waals surface area contributed by atoms with Crippen molar-refractivity contribution in [2.45, 2.75) is 6.42 Å². The van der Waals surface area contributed by atoms with E-state index in [0.29, 0.717) is 5.82 Å². The fraction of sp³-hybridized carbons (Fsp3) is 0.0204. The van der Waals surface area contributed by atoms with Crippen LogP contribution in [0, 0.1) is 0 Å². The molecule has 0 fully saturated rings. The molecule has 1 aliphatic rings. The number of furan rings is 1. The summed E-state index contributed by atoms with van der Waals surface area (Å²) >= 11 is 0. The predicted molar refractivity (Wildman–Crippen MR) is 219 cm³/mol.